The van der Waals surface area contributed by atoms with Crippen LogP contribution in [0.25, 0.3) is 0 Å². The maximum atomic E-state index is 4.83. The fraction of sp³-hybridized carbons (Fsp3) is 0.547. The van der Waals surface area contributed by atoms with Crippen LogP contribution in [-0.2, 0) is 0 Å². The molecule has 6 aromatic heterocycles. The van der Waals surface area contributed by atoms with Crippen LogP contribution in [0.3, 0.4) is 0 Å². The predicted molar refractivity (Wildman–Crippen MR) is 300 cm³/mol. The highest BCUT2D eigenvalue weighted by atomic mass is 32.2. The number of hydrogen-bond donors (Lipinski definition) is 0. The van der Waals surface area contributed by atoms with E-state index in [9.17, 15) is 0 Å². The van der Waals surface area contributed by atoms with Crippen LogP contribution in [-0.4, -0.2) is 33.0 Å². The van der Waals surface area contributed by atoms with E-state index < -0.39 is 0 Å². The molecule has 0 amide bonds. The van der Waals surface area contributed by atoms with Gasteiger partial charge in [0.05, 0.1) is 24.2 Å². The van der Waals surface area contributed by atoms with Crippen molar-refractivity contribution in [2.75, 3.05) is 11.5 Å². The molecule has 0 aromatic carbocycles. The topological polar surface area (TPSA) is 90.5 Å². The van der Waals surface area contributed by atoms with Crippen molar-refractivity contribution >= 4 is 52.0 Å². The summed E-state index contributed by atoms with van der Waals surface area (Å²) in [5, 5.41) is 15.2. The lowest BCUT2D eigenvalue weighted by Gasteiger charge is -1.90. The number of aliphatic imine (C=N–C) groups is 1. The lowest BCUT2D eigenvalue weighted by Crippen LogP contribution is -1.85. The summed E-state index contributed by atoms with van der Waals surface area (Å²) < 4.78 is 13.9. The van der Waals surface area contributed by atoms with Crippen molar-refractivity contribution in [3.05, 3.63) is 133 Å². The maximum Gasteiger partial charge on any atom is 0.133 e. The van der Waals surface area contributed by atoms with E-state index in [0.717, 1.165) is 40.8 Å². The number of furan rings is 1. The van der Waals surface area contributed by atoms with E-state index in [4.69, 9.17) is 4.42 Å². The summed E-state index contributed by atoms with van der Waals surface area (Å²) in [7, 11) is 0. The SMILES string of the molecule is CC.CC.CC.CC.CC.CC.CC.CC.CC1=CCC=N1.CC1CCSC1.Cc1ccco1.Cc1cccs1.Cc1ccno1.Cc1ccsc1.Cc1cnoc1.Cc1cscn1. The molecule has 372 valence electrons. The Bertz CT molecular complexity index is 1260. The zero-order chi connectivity index (χ0) is 51.2. The predicted octanol–water partition coefficient (Wildman–Crippen LogP) is 20.5. The van der Waals surface area contributed by atoms with E-state index in [1.165, 1.54) is 28.4 Å². The van der Waals surface area contributed by atoms with Gasteiger partial charge in [0, 0.05) is 45.9 Å². The number of thioether (sulfide) groups is 1. The molecular weight excluding hydrogens is 869 g/mol. The van der Waals surface area contributed by atoms with Crippen molar-refractivity contribution < 1.29 is 13.5 Å². The van der Waals surface area contributed by atoms with E-state index in [0.29, 0.717) is 0 Å². The number of rotatable bonds is 0. The number of aryl methyl sites for hydroxylation is 6. The first kappa shape index (κ1) is 77.7. The van der Waals surface area contributed by atoms with Gasteiger partial charge < -0.3 is 13.5 Å². The first-order valence-corrected chi connectivity index (χ1v) is 27.4. The van der Waals surface area contributed by atoms with Gasteiger partial charge in [-0.05, 0) is 118 Å². The Morgan fingerprint density at radius 3 is 1.39 bits per heavy atom. The summed E-state index contributed by atoms with van der Waals surface area (Å²) in [5.41, 5.74) is 6.51. The third-order valence-electron chi connectivity index (χ3n) is 5.64. The Morgan fingerprint density at radius 1 is 0.641 bits per heavy atom. The summed E-state index contributed by atoms with van der Waals surface area (Å²) >= 11 is 7.23. The van der Waals surface area contributed by atoms with Gasteiger partial charge in [-0.3, -0.25) is 9.98 Å². The fourth-order valence-electron chi connectivity index (χ4n) is 2.99. The highest BCUT2D eigenvalue weighted by Gasteiger charge is 2.07. The van der Waals surface area contributed by atoms with Crippen LogP contribution >= 0.6 is 45.8 Å². The van der Waals surface area contributed by atoms with E-state index in [-0.39, 0.29) is 0 Å². The van der Waals surface area contributed by atoms with Gasteiger partial charge in [0.2, 0.25) is 0 Å². The molecule has 0 N–H and O–H groups in total. The van der Waals surface area contributed by atoms with Gasteiger partial charge in [-0.25, -0.2) is 0 Å². The third kappa shape index (κ3) is 70.2. The second-order valence-corrected chi connectivity index (χ2v) is 14.4. The van der Waals surface area contributed by atoms with Crippen LogP contribution in [0.5, 0.6) is 0 Å². The Hall–Kier alpha value is -3.51. The van der Waals surface area contributed by atoms with Crippen molar-refractivity contribution in [1.82, 2.24) is 15.3 Å². The van der Waals surface area contributed by atoms with Crippen molar-refractivity contribution in [3.8, 4) is 0 Å². The number of hydrogen-bond acceptors (Lipinski definition) is 11. The average molecular weight is 968 g/mol. The van der Waals surface area contributed by atoms with Gasteiger partial charge in [-0.15, -0.1) is 22.7 Å². The number of aromatic nitrogens is 3. The fourth-order valence-corrected chi connectivity index (χ4v) is 6.03. The molecule has 1 saturated heterocycles. The molecular formula is C53H98N4O3S4. The summed E-state index contributed by atoms with van der Waals surface area (Å²) in [6, 6.07) is 11.9. The minimum atomic E-state index is 0.856. The molecule has 1 unspecified atom stereocenters. The first-order chi connectivity index (χ1) is 31.2. The molecule has 0 spiro atoms. The minimum absolute atomic E-state index is 0.856. The number of thiophene rings is 2. The smallest absolute Gasteiger partial charge is 0.133 e. The molecule has 64 heavy (non-hydrogen) atoms. The highest BCUT2D eigenvalue weighted by Crippen LogP contribution is 2.21. The molecule has 11 heteroatoms. The standard InChI is InChI=1S/C5H7N.C5H6O.C5H10S.2C5H6S.2C4H5NO.C4H5NS.8C2H6/c2*1-5-3-2-4-6-5;2*1-5-2-3-6-4-5;1-5-3-2-4-6-5;1-4-2-5-6-3-4;1-4-2-3-5-6-4;1-4-2-6-3-5-4;8*1-2/h3-4H,2H2,1H3;2-4H,1H3;5H,2-4H2,1H3;2*2-4H,1H3;3*2-3H,1H3;8*1-2H3. The van der Waals surface area contributed by atoms with Gasteiger partial charge in [0.15, 0.2) is 0 Å². The van der Waals surface area contributed by atoms with Crippen LogP contribution in [0.4, 0.5) is 0 Å². The van der Waals surface area contributed by atoms with E-state index in [2.05, 4.69) is 102 Å². The molecule has 0 bridgehead atoms. The van der Waals surface area contributed by atoms with Crippen molar-refractivity contribution in [2.24, 2.45) is 10.9 Å². The summed E-state index contributed by atoms with van der Waals surface area (Å²) in [5.74, 6) is 5.64. The Balaban J connectivity index is -0.0000000893. The van der Waals surface area contributed by atoms with Gasteiger partial charge in [0.1, 0.15) is 17.8 Å². The molecule has 8 heterocycles. The van der Waals surface area contributed by atoms with Crippen molar-refractivity contribution in [1.29, 1.82) is 0 Å². The van der Waals surface area contributed by atoms with Crippen LogP contribution in [0.15, 0.2) is 119 Å². The lowest BCUT2D eigenvalue weighted by molar-refractivity contribution is 0.397. The molecule has 0 aliphatic carbocycles. The van der Waals surface area contributed by atoms with Crippen molar-refractivity contribution in [2.45, 2.75) is 179 Å². The summed E-state index contributed by atoms with van der Waals surface area (Å²) in [4.78, 5) is 9.29. The molecule has 1 atom stereocenters. The Labute approximate surface area is 413 Å². The zero-order valence-electron chi connectivity index (χ0n) is 45.4. The Morgan fingerprint density at radius 2 is 1.27 bits per heavy atom. The van der Waals surface area contributed by atoms with Crippen LogP contribution < -0.4 is 0 Å². The van der Waals surface area contributed by atoms with Crippen LogP contribution in [0.1, 0.15) is 171 Å². The molecule has 6 aromatic rings. The molecule has 7 nitrogen and oxygen atoms in total. The van der Waals surface area contributed by atoms with E-state index >= 15 is 0 Å². The third-order valence-corrected chi connectivity index (χ3v) is 9.28. The average Bonchev–Trinajstić information content (AvgIpc) is 4.19. The molecule has 2 aliphatic heterocycles. The van der Waals surface area contributed by atoms with E-state index in [1.54, 1.807) is 65.0 Å². The van der Waals surface area contributed by atoms with Gasteiger partial charge >= 0.3 is 0 Å². The van der Waals surface area contributed by atoms with Crippen LogP contribution in [0, 0.1) is 47.5 Å². The minimum Gasteiger partial charge on any atom is -0.470 e. The number of thiazole rings is 1. The van der Waals surface area contributed by atoms with Gasteiger partial charge in [-0.1, -0.05) is 140 Å². The van der Waals surface area contributed by atoms with E-state index in [1.807, 2.05) is 175 Å². The largest absolute Gasteiger partial charge is 0.470 e. The van der Waals surface area contributed by atoms with Gasteiger partial charge in [0.25, 0.3) is 0 Å². The quantitative estimate of drug-likeness (QED) is 0.150. The monoisotopic (exact) mass is 967 g/mol. The van der Waals surface area contributed by atoms with Crippen molar-refractivity contribution in [3.63, 3.8) is 0 Å². The number of nitrogens with zero attached hydrogens (tertiary/aromatic N) is 4. The summed E-state index contributed by atoms with van der Waals surface area (Å²) in [6.07, 6.45) is 13.0. The van der Waals surface area contributed by atoms with Crippen LogP contribution in [0.2, 0.25) is 0 Å². The first-order valence-electron chi connectivity index (χ1n) is 23.5. The molecule has 2 aliphatic rings. The lowest BCUT2D eigenvalue weighted by atomic mass is 10.2. The molecule has 0 radical (unpaired) electrons. The normalized spacial score (nSPS) is 10.7. The van der Waals surface area contributed by atoms with Gasteiger partial charge in [-0.2, -0.15) is 23.1 Å². The Kier molecular flexibility index (Phi) is 89.7. The second kappa shape index (κ2) is 73.9. The zero-order valence-corrected chi connectivity index (χ0v) is 48.6. The molecule has 1 fully saturated rings. The number of allylic oxidation sites excluding steroid dienone is 2. The maximum absolute atomic E-state index is 4.83. The molecule has 0 saturated carbocycles. The second-order valence-electron chi connectivity index (χ2n) is 10.6. The summed E-state index contributed by atoms with van der Waals surface area (Å²) in [6.45, 7) is 48.2. The highest BCUT2D eigenvalue weighted by molar-refractivity contribution is 7.99. The molecule has 8 rings (SSSR count).